The van der Waals surface area contributed by atoms with E-state index in [0.717, 1.165) is 6.42 Å². The molecule has 0 saturated heterocycles. The van der Waals surface area contributed by atoms with E-state index in [1.54, 1.807) is 11.3 Å². The van der Waals surface area contributed by atoms with Gasteiger partial charge < -0.3 is 10.4 Å². The number of hydrogen-bond acceptors (Lipinski definition) is 3. The minimum Gasteiger partial charge on any atom is -0.396 e. The van der Waals surface area contributed by atoms with Gasteiger partial charge >= 0.3 is 0 Å². The molecule has 2 N–H and O–H groups in total. The van der Waals surface area contributed by atoms with Gasteiger partial charge in [-0.2, -0.15) is 0 Å². The van der Waals surface area contributed by atoms with Gasteiger partial charge in [0.05, 0.1) is 6.54 Å². The minimum atomic E-state index is 0.0134. The summed E-state index contributed by atoms with van der Waals surface area (Å²) in [5, 5.41) is 13.5. The van der Waals surface area contributed by atoms with Gasteiger partial charge in [-0.25, -0.2) is 0 Å². The highest BCUT2D eigenvalue weighted by molar-refractivity contribution is 7.10. The van der Waals surface area contributed by atoms with Crippen molar-refractivity contribution >= 4 is 17.2 Å². The molecular formula is C11H17NO2S. The lowest BCUT2D eigenvalue weighted by Crippen LogP contribution is -2.22. The molecule has 0 atom stereocenters. The van der Waals surface area contributed by atoms with Gasteiger partial charge in [-0.3, -0.25) is 4.79 Å². The van der Waals surface area contributed by atoms with Crippen LogP contribution in [0.15, 0.2) is 11.4 Å². The summed E-state index contributed by atoms with van der Waals surface area (Å²) in [6, 6.07) is 2.10. The lowest BCUT2D eigenvalue weighted by Gasteiger charge is -2.04. The molecule has 15 heavy (non-hydrogen) atoms. The number of aliphatic hydroxyl groups excluding tert-OH is 1. The Balaban J connectivity index is 2.33. The van der Waals surface area contributed by atoms with Crippen LogP contribution in [0.3, 0.4) is 0 Å². The van der Waals surface area contributed by atoms with Crippen LogP contribution in [0.2, 0.25) is 0 Å². The van der Waals surface area contributed by atoms with Crippen molar-refractivity contribution in [2.75, 3.05) is 6.61 Å². The Morgan fingerprint density at radius 3 is 3.07 bits per heavy atom. The topological polar surface area (TPSA) is 49.3 Å². The molecule has 0 aliphatic carbocycles. The number of amides is 1. The van der Waals surface area contributed by atoms with E-state index in [4.69, 9.17) is 5.11 Å². The molecule has 0 aliphatic heterocycles. The van der Waals surface area contributed by atoms with Crippen LogP contribution in [0.5, 0.6) is 0 Å². The Morgan fingerprint density at radius 1 is 1.60 bits per heavy atom. The summed E-state index contributed by atoms with van der Waals surface area (Å²) in [5.74, 6) is 0.0134. The maximum absolute atomic E-state index is 11.3. The van der Waals surface area contributed by atoms with E-state index in [2.05, 4.69) is 18.3 Å². The van der Waals surface area contributed by atoms with Gasteiger partial charge in [0, 0.05) is 17.9 Å². The summed E-state index contributed by atoms with van der Waals surface area (Å²) in [6.45, 7) is 2.80. The summed E-state index contributed by atoms with van der Waals surface area (Å²) in [6.07, 6.45) is 1.95. The predicted octanol–water partition coefficient (Wildman–Crippen LogP) is 1.70. The fourth-order valence-electron chi connectivity index (χ4n) is 1.34. The quantitative estimate of drug-likeness (QED) is 0.777. The summed E-state index contributed by atoms with van der Waals surface area (Å²) >= 11 is 1.68. The van der Waals surface area contributed by atoms with Gasteiger partial charge in [-0.05, 0) is 29.9 Å². The van der Waals surface area contributed by atoms with Crippen LogP contribution in [-0.2, 0) is 17.8 Å². The number of aryl methyl sites for hydroxylation is 1. The van der Waals surface area contributed by atoms with E-state index < -0.39 is 0 Å². The summed E-state index contributed by atoms with van der Waals surface area (Å²) in [7, 11) is 0. The maximum atomic E-state index is 11.3. The zero-order chi connectivity index (χ0) is 11.1. The lowest BCUT2D eigenvalue weighted by atomic mass is 10.2. The van der Waals surface area contributed by atoms with Crippen LogP contribution in [0, 0.1) is 0 Å². The molecule has 0 fully saturated rings. The number of hydrogen-bond donors (Lipinski definition) is 2. The summed E-state index contributed by atoms with van der Waals surface area (Å²) in [5.41, 5.74) is 1.31. The molecule has 1 heterocycles. The molecule has 1 rings (SSSR count). The molecule has 0 saturated carbocycles. The number of rotatable bonds is 6. The van der Waals surface area contributed by atoms with E-state index in [1.807, 2.05) is 5.38 Å². The second-order valence-electron chi connectivity index (χ2n) is 3.33. The fourth-order valence-corrected chi connectivity index (χ4v) is 2.26. The average Bonchev–Trinajstić information content (AvgIpc) is 2.70. The van der Waals surface area contributed by atoms with Crippen molar-refractivity contribution in [3.05, 3.63) is 21.9 Å². The maximum Gasteiger partial charge on any atom is 0.220 e. The van der Waals surface area contributed by atoms with E-state index in [1.165, 1.54) is 10.4 Å². The molecule has 1 aromatic rings. The molecule has 0 unspecified atom stereocenters. The Bertz CT molecular complexity index is 309. The minimum absolute atomic E-state index is 0.0134. The Morgan fingerprint density at radius 2 is 2.40 bits per heavy atom. The SMILES string of the molecule is CCc1ccsc1CNC(=O)CCCO. The third-order valence-electron chi connectivity index (χ3n) is 2.23. The monoisotopic (exact) mass is 227 g/mol. The highest BCUT2D eigenvalue weighted by Gasteiger charge is 2.04. The van der Waals surface area contributed by atoms with Gasteiger partial charge in [0.2, 0.25) is 5.91 Å². The molecule has 0 radical (unpaired) electrons. The van der Waals surface area contributed by atoms with Crippen LogP contribution >= 0.6 is 11.3 Å². The molecule has 4 heteroatoms. The molecule has 1 amide bonds. The van der Waals surface area contributed by atoms with Crippen molar-refractivity contribution in [1.82, 2.24) is 5.32 Å². The van der Waals surface area contributed by atoms with Gasteiger partial charge in [0.1, 0.15) is 0 Å². The number of aliphatic hydroxyl groups is 1. The summed E-state index contributed by atoms with van der Waals surface area (Å²) < 4.78 is 0. The van der Waals surface area contributed by atoms with Gasteiger partial charge in [-0.15, -0.1) is 11.3 Å². The van der Waals surface area contributed by atoms with Crippen molar-refractivity contribution in [3.63, 3.8) is 0 Å². The van der Waals surface area contributed by atoms with Crippen LogP contribution in [0.1, 0.15) is 30.2 Å². The first kappa shape index (κ1) is 12.2. The van der Waals surface area contributed by atoms with Crippen molar-refractivity contribution < 1.29 is 9.90 Å². The van der Waals surface area contributed by atoms with Gasteiger partial charge in [0.25, 0.3) is 0 Å². The first-order valence-corrected chi connectivity index (χ1v) is 6.08. The van der Waals surface area contributed by atoms with E-state index in [0.29, 0.717) is 19.4 Å². The molecule has 3 nitrogen and oxygen atoms in total. The van der Waals surface area contributed by atoms with Crippen molar-refractivity contribution in [2.24, 2.45) is 0 Å². The molecule has 1 aromatic heterocycles. The second-order valence-corrected chi connectivity index (χ2v) is 4.33. The fraction of sp³-hybridized carbons (Fsp3) is 0.545. The first-order valence-electron chi connectivity index (χ1n) is 5.20. The number of carbonyl (C=O) groups is 1. The molecule has 0 bridgehead atoms. The average molecular weight is 227 g/mol. The van der Waals surface area contributed by atoms with Crippen molar-refractivity contribution in [2.45, 2.75) is 32.7 Å². The highest BCUT2D eigenvalue weighted by Crippen LogP contribution is 2.16. The number of thiophene rings is 1. The Kier molecular flexibility index (Phi) is 5.36. The zero-order valence-corrected chi connectivity index (χ0v) is 9.77. The predicted molar refractivity (Wildman–Crippen MR) is 61.9 cm³/mol. The Hall–Kier alpha value is -0.870. The molecule has 0 aromatic carbocycles. The molecule has 84 valence electrons. The van der Waals surface area contributed by atoms with Gasteiger partial charge in [-0.1, -0.05) is 6.92 Å². The molecule has 0 aliphatic rings. The molecule has 0 spiro atoms. The first-order chi connectivity index (χ1) is 7.27. The third kappa shape index (κ3) is 4.01. The van der Waals surface area contributed by atoms with Crippen molar-refractivity contribution in [3.8, 4) is 0 Å². The largest absolute Gasteiger partial charge is 0.396 e. The number of carbonyl (C=O) groups excluding carboxylic acids is 1. The van der Waals surface area contributed by atoms with Crippen LogP contribution in [0.25, 0.3) is 0 Å². The highest BCUT2D eigenvalue weighted by atomic mass is 32.1. The third-order valence-corrected chi connectivity index (χ3v) is 3.19. The zero-order valence-electron chi connectivity index (χ0n) is 8.95. The van der Waals surface area contributed by atoms with Gasteiger partial charge in [0.15, 0.2) is 0 Å². The standard InChI is InChI=1S/C11H17NO2S/c1-2-9-5-7-15-10(9)8-12-11(14)4-3-6-13/h5,7,13H,2-4,6,8H2,1H3,(H,12,14). The number of nitrogens with one attached hydrogen (secondary N) is 1. The smallest absolute Gasteiger partial charge is 0.220 e. The van der Waals surface area contributed by atoms with E-state index in [9.17, 15) is 4.79 Å². The van der Waals surface area contributed by atoms with Crippen LogP contribution < -0.4 is 5.32 Å². The Labute approximate surface area is 94.1 Å². The van der Waals surface area contributed by atoms with Crippen LogP contribution in [0.4, 0.5) is 0 Å². The van der Waals surface area contributed by atoms with Crippen molar-refractivity contribution in [1.29, 1.82) is 0 Å². The second kappa shape index (κ2) is 6.58. The van der Waals surface area contributed by atoms with E-state index >= 15 is 0 Å². The van der Waals surface area contributed by atoms with Crippen LogP contribution in [-0.4, -0.2) is 17.6 Å². The van der Waals surface area contributed by atoms with E-state index in [-0.39, 0.29) is 12.5 Å². The molecular weight excluding hydrogens is 210 g/mol. The lowest BCUT2D eigenvalue weighted by molar-refractivity contribution is -0.121. The normalized spacial score (nSPS) is 10.3. The summed E-state index contributed by atoms with van der Waals surface area (Å²) in [4.78, 5) is 12.5.